The lowest BCUT2D eigenvalue weighted by molar-refractivity contribution is 0.427. The molecule has 18 heavy (non-hydrogen) atoms. The van der Waals surface area contributed by atoms with E-state index >= 15 is 0 Å². The quantitative estimate of drug-likeness (QED) is 0.699. The number of hydrogen-bond acceptors (Lipinski definition) is 6. The Balaban J connectivity index is 1.88. The Morgan fingerprint density at radius 1 is 0.944 bits per heavy atom. The van der Waals surface area contributed by atoms with E-state index in [-0.39, 0.29) is 0 Å². The van der Waals surface area contributed by atoms with E-state index in [1.807, 2.05) is 30.3 Å². The third-order valence-corrected chi connectivity index (χ3v) is 2.19. The molecule has 3 rings (SSSR count). The molecule has 0 radical (unpaired) electrons. The summed E-state index contributed by atoms with van der Waals surface area (Å²) in [6.45, 7) is 0. The molecule has 6 nitrogen and oxygen atoms in total. The Morgan fingerprint density at radius 3 is 2.61 bits per heavy atom. The molecule has 0 aliphatic carbocycles. The number of ether oxygens (including phenoxy) is 1. The van der Waals surface area contributed by atoms with Gasteiger partial charge in [-0.1, -0.05) is 23.4 Å². The zero-order valence-electron chi connectivity index (χ0n) is 9.22. The molecule has 2 heterocycles. The van der Waals surface area contributed by atoms with Gasteiger partial charge in [-0.3, -0.25) is 0 Å². The first-order valence-corrected chi connectivity index (χ1v) is 5.24. The Bertz CT molecular complexity index is 626. The van der Waals surface area contributed by atoms with E-state index in [0.717, 1.165) is 0 Å². The van der Waals surface area contributed by atoms with Crippen LogP contribution in [0.5, 0.6) is 11.6 Å². The van der Waals surface area contributed by atoms with Gasteiger partial charge in [0, 0.05) is 6.07 Å². The number of hydrogen-bond donors (Lipinski definition) is 0. The third kappa shape index (κ3) is 2.17. The minimum absolute atomic E-state index is 0.329. The summed E-state index contributed by atoms with van der Waals surface area (Å²) in [5.41, 5.74) is 0.522. The fourth-order valence-corrected chi connectivity index (χ4v) is 1.41. The molecular formula is C12H8N4O2. The summed E-state index contributed by atoms with van der Waals surface area (Å²) in [6, 6.07) is 11.0. The van der Waals surface area contributed by atoms with Gasteiger partial charge >= 0.3 is 0 Å². The fourth-order valence-electron chi connectivity index (χ4n) is 1.41. The van der Waals surface area contributed by atoms with E-state index < -0.39 is 0 Å². The van der Waals surface area contributed by atoms with E-state index in [9.17, 15) is 0 Å². The molecule has 0 saturated carbocycles. The van der Waals surface area contributed by atoms with Crippen molar-refractivity contribution in [1.29, 1.82) is 0 Å². The zero-order chi connectivity index (χ0) is 12.2. The summed E-state index contributed by atoms with van der Waals surface area (Å²) in [5.74, 6) is 1.45. The summed E-state index contributed by atoms with van der Waals surface area (Å²) in [6.07, 6.45) is 2.70. The highest BCUT2D eigenvalue weighted by atomic mass is 16.5. The van der Waals surface area contributed by atoms with Crippen LogP contribution in [0.4, 0.5) is 0 Å². The molecule has 0 unspecified atom stereocenters. The molecule has 0 N–H and O–H groups in total. The average Bonchev–Trinajstić information content (AvgIpc) is 2.94. The van der Waals surface area contributed by atoms with Crippen LogP contribution in [-0.2, 0) is 0 Å². The Morgan fingerprint density at radius 2 is 1.83 bits per heavy atom. The van der Waals surface area contributed by atoms with Crippen molar-refractivity contribution in [3.63, 3.8) is 0 Å². The maximum Gasteiger partial charge on any atom is 0.276 e. The predicted molar refractivity (Wildman–Crippen MR) is 61.8 cm³/mol. The SMILES string of the molecule is c1ccc(Oc2cc(-c3ncno3)ncn2)cc1. The van der Waals surface area contributed by atoms with Crippen molar-refractivity contribution >= 4 is 0 Å². The molecule has 88 valence electrons. The van der Waals surface area contributed by atoms with Crippen molar-refractivity contribution in [1.82, 2.24) is 20.1 Å². The van der Waals surface area contributed by atoms with Gasteiger partial charge in [0.05, 0.1) is 0 Å². The normalized spacial score (nSPS) is 10.2. The Kier molecular flexibility index (Phi) is 2.67. The molecule has 0 atom stereocenters. The van der Waals surface area contributed by atoms with Gasteiger partial charge in [0.1, 0.15) is 17.8 Å². The highest BCUT2D eigenvalue weighted by Gasteiger charge is 2.08. The molecule has 0 fully saturated rings. The minimum atomic E-state index is 0.329. The molecule has 2 aromatic heterocycles. The number of nitrogens with zero attached hydrogens (tertiary/aromatic N) is 4. The number of para-hydroxylation sites is 1. The third-order valence-electron chi connectivity index (χ3n) is 2.19. The maximum absolute atomic E-state index is 5.58. The summed E-state index contributed by atoms with van der Waals surface area (Å²) >= 11 is 0. The van der Waals surface area contributed by atoms with Crippen LogP contribution in [0.2, 0.25) is 0 Å². The maximum atomic E-state index is 5.58. The lowest BCUT2D eigenvalue weighted by atomic mass is 10.3. The highest BCUT2D eigenvalue weighted by molar-refractivity contribution is 5.47. The molecule has 1 aromatic carbocycles. The first-order valence-electron chi connectivity index (χ1n) is 5.24. The van der Waals surface area contributed by atoms with Gasteiger partial charge in [-0.25, -0.2) is 9.97 Å². The topological polar surface area (TPSA) is 73.9 Å². The predicted octanol–water partition coefficient (Wildman–Crippen LogP) is 2.32. The monoisotopic (exact) mass is 240 g/mol. The average molecular weight is 240 g/mol. The van der Waals surface area contributed by atoms with Crippen LogP contribution in [0.15, 0.2) is 53.6 Å². The molecule has 0 aliphatic rings. The number of benzene rings is 1. The number of aromatic nitrogens is 4. The van der Waals surface area contributed by atoms with Gasteiger partial charge in [-0.15, -0.1) is 0 Å². The van der Waals surface area contributed by atoms with Gasteiger partial charge in [-0.2, -0.15) is 4.98 Å². The van der Waals surface area contributed by atoms with Gasteiger partial charge in [-0.05, 0) is 12.1 Å². The Hall–Kier alpha value is -2.76. The van der Waals surface area contributed by atoms with Crippen molar-refractivity contribution in [2.45, 2.75) is 0 Å². The van der Waals surface area contributed by atoms with Crippen LogP contribution in [0, 0.1) is 0 Å². The van der Waals surface area contributed by atoms with Gasteiger partial charge < -0.3 is 9.26 Å². The second kappa shape index (κ2) is 4.62. The second-order valence-electron chi connectivity index (χ2n) is 3.40. The van der Waals surface area contributed by atoms with Crippen molar-refractivity contribution in [3.8, 4) is 23.2 Å². The summed E-state index contributed by atoms with van der Waals surface area (Å²) < 4.78 is 10.5. The second-order valence-corrected chi connectivity index (χ2v) is 3.40. The van der Waals surface area contributed by atoms with Gasteiger partial charge in [0.25, 0.3) is 5.89 Å². The van der Waals surface area contributed by atoms with E-state index in [2.05, 4.69) is 20.1 Å². The lowest BCUT2D eigenvalue weighted by Gasteiger charge is -2.03. The molecular weight excluding hydrogens is 232 g/mol. The van der Waals surface area contributed by atoms with Crippen LogP contribution >= 0.6 is 0 Å². The smallest absolute Gasteiger partial charge is 0.276 e. The number of rotatable bonds is 3. The standard InChI is InChI=1S/C12H8N4O2/c1-2-4-9(5-3-1)17-11-6-10(13-7-14-11)12-15-8-16-18-12/h1-8H. The lowest BCUT2D eigenvalue weighted by Crippen LogP contribution is -1.91. The summed E-state index contributed by atoms with van der Waals surface area (Å²) in [4.78, 5) is 12.0. The molecule has 3 aromatic rings. The van der Waals surface area contributed by atoms with Crippen LogP contribution in [-0.4, -0.2) is 20.1 Å². The van der Waals surface area contributed by atoms with Crippen LogP contribution in [0.25, 0.3) is 11.6 Å². The van der Waals surface area contributed by atoms with Crippen LogP contribution in [0.1, 0.15) is 0 Å². The van der Waals surface area contributed by atoms with Gasteiger partial charge in [0.15, 0.2) is 6.33 Å². The molecule has 6 heteroatoms. The van der Waals surface area contributed by atoms with E-state index in [0.29, 0.717) is 23.2 Å². The molecule has 0 spiro atoms. The van der Waals surface area contributed by atoms with E-state index in [4.69, 9.17) is 9.26 Å². The van der Waals surface area contributed by atoms with Crippen molar-refractivity contribution in [3.05, 3.63) is 49.1 Å². The van der Waals surface area contributed by atoms with Gasteiger partial charge in [0.2, 0.25) is 5.88 Å². The van der Waals surface area contributed by atoms with E-state index in [1.54, 1.807) is 6.07 Å². The first kappa shape index (κ1) is 10.4. The highest BCUT2D eigenvalue weighted by Crippen LogP contribution is 2.21. The van der Waals surface area contributed by atoms with Crippen LogP contribution in [0.3, 0.4) is 0 Å². The Labute approximate surface area is 102 Å². The summed E-state index contributed by atoms with van der Waals surface area (Å²) in [5, 5.41) is 3.52. The van der Waals surface area contributed by atoms with Crippen LogP contribution < -0.4 is 4.74 Å². The zero-order valence-corrected chi connectivity index (χ0v) is 9.22. The van der Waals surface area contributed by atoms with E-state index in [1.165, 1.54) is 12.7 Å². The van der Waals surface area contributed by atoms with Crippen molar-refractivity contribution in [2.24, 2.45) is 0 Å². The first-order chi connectivity index (χ1) is 8.92. The fraction of sp³-hybridized carbons (Fsp3) is 0. The molecule has 0 aliphatic heterocycles. The largest absolute Gasteiger partial charge is 0.439 e. The van der Waals surface area contributed by atoms with Crippen molar-refractivity contribution in [2.75, 3.05) is 0 Å². The molecule has 0 amide bonds. The minimum Gasteiger partial charge on any atom is -0.439 e. The van der Waals surface area contributed by atoms with Crippen molar-refractivity contribution < 1.29 is 9.26 Å². The molecule has 0 saturated heterocycles. The summed E-state index contributed by atoms with van der Waals surface area (Å²) in [7, 11) is 0. The molecule has 0 bridgehead atoms.